The van der Waals surface area contributed by atoms with Crippen LogP contribution >= 0.6 is 0 Å². The molecule has 0 N–H and O–H groups in total. The third-order valence-corrected chi connectivity index (χ3v) is 6.38. The fourth-order valence-electron chi connectivity index (χ4n) is 4.75. The van der Waals surface area contributed by atoms with Crippen molar-refractivity contribution in [1.82, 2.24) is 9.91 Å². The molecule has 1 amide bonds. The molecule has 0 aromatic heterocycles. The molecule has 2 aromatic carbocycles. The van der Waals surface area contributed by atoms with E-state index in [1.165, 1.54) is 12.1 Å². The van der Waals surface area contributed by atoms with Crippen LogP contribution in [0.15, 0.2) is 47.6 Å². The average Bonchev–Trinajstić information content (AvgIpc) is 3.21. The van der Waals surface area contributed by atoms with Gasteiger partial charge in [-0.2, -0.15) is 5.10 Å². The number of amides is 1. The molecule has 1 fully saturated rings. The van der Waals surface area contributed by atoms with Gasteiger partial charge < -0.3 is 14.4 Å². The van der Waals surface area contributed by atoms with E-state index < -0.39 is 5.72 Å². The summed E-state index contributed by atoms with van der Waals surface area (Å²) in [7, 11) is 1.64. The van der Waals surface area contributed by atoms with Crippen LogP contribution in [0.2, 0.25) is 0 Å². The normalized spacial score (nSPS) is 21.6. The molecule has 7 heteroatoms. The monoisotopic (exact) mass is 409 g/mol. The topological polar surface area (TPSA) is 54.4 Å². The van der Waals surface area contributed by atoms with Crippen LogP contribution in [-0.2, 0) is 4.79 Å². The molecule has 0 bridgehead atoms. The molecule has 0 aliphatic carbocycles. The Morgan fingerprint density at radius 2 is 1.93 bits per heavy atom. The number of hydrogen-bond acceptors (Lipinski definition) is 5. The summed E-state index contributed by atoms with van der Waals surface area (Å²) in [5.74, 6) is 1.28. The lowest BCUT2D eigenvalue weighted by Crippen LogP contribution is -2.59. The van der Waals surface area contributed by atoms with Gasteiger partial charge in [-0.15, -0.1) is 0 Å². The predicted octanol–water partition coefficient (Wildman–Crippen LogP) is 3.72. The molecule has 1 atom stereocenters. The van der Waals surface area contributed by atoms with Gasteiger partial charge in [0.25, 0.3) is 0 Å². The van der Waals surface area contributed by atoms with Crippen molar-refractivity contribution in [2.75, 3.05) is 20.2 Å². The number of hydrazone groups is 1. The highest BCUT2D eigenvalue weighted by atomic mass is 19.1. The molecule has 5 rings (SSSR count). The number of likely N-dealkylation sites (tertiary alicyclic amines) is 1. The van der Waals surface area contributed by atoms with Crippen LogP contribution < -0.4 is 9.47 Å². The second kappa shape index (κ2) is 7.00. The van der Waals surface area contributed by atoms with Crippen molar-refractivity contribution < 1.29 is 18.7 Å². The lowest BCUT2D eigenvalue weighted by atomic mass is 9.90. The maximum atomic E-state index is 13.4. The highest BCUT2D eigenvalue weighted by molar-refractivity contribution is 6.02. The van der Waals surface area contributed by atoms with Gasteiger partial charge in [-0.3, -0.25) is 4.79 Å². The summed E-state index contributed by atoms with van der Waals surface area (Å²) in [5, 5.41) is 7.04. The Balaban J connectivity index is 1.57. The summed E-state index contributed by atoms with van der Waals surface area (Å²) in [6.45, 7) is 2.83. The van der Waals surface area contributed by atoms with Crippen LogP contribution in [0.1, 0.15) is 43.4 Å². The van der Waals surface area contributed by atoms with Gasteiger partial charge in [-0.05, 0) is 23.8 Å². The molecular weight excluding hydrogens is 385 g/mol. The van der Waals surface area contributed by atoms with E-state index in [-0.39, 0.29) is 17.8 Å². The van der Waals surface area contributed by atoms with E-state index in [0.29, 0.717) is 38.1 Å². The minimum atomic E-state index is -0.639. The highest BCUT2D eigenvalue weighted by Gasteiger charge is 2.52. The molecule has 30 heavy (non-hydrogen) atoms. The number of nitrogens with zero attached hydrogens (tertiary/aromatic N) is 3. The van der Waals surface area contributed by atoms with Crippen molar-refractivity contribution >= 4 is 11.6 Å². The first-order valence-corrected chi connectivity index (χ1v) is 10.2. The largest absolute Gasteiger partial charge is 0.493 e. The van der Waals surface area contributed by atoms with Gasteiger partial charge in [0.1, 0.15) is 5.82 Å². The third-order valence-electron chi connectivity index (χ3n) is 6.38. The third kappa shape index (κ3) is 2.91. The van der Waals surface area contributed by atoms with Crippen LogP contribution in [0.4, 0.5) is 4.39 Å². The van der Waals surface area contributed by atoms with Crippen molar-refractivity contribution in [3.8, 4) is 11.5 Å². The van der Waals surface area contributed by atoms with E-state index in [0.717, 1.165) is 22.6 Å². The number of carbonyl (C=O) groups excluding carboxylic acids is 1. The Bertz CT molecular complexity index is 1010. The summed E-state index contributed by atoms with van der Waals surface area (Å²) in [4.78, 5) is 13.7. The number of para-hydroxylation sites is 1. The number of rotatable bonds is 2. The Labute approximate surface area is 174 Å². The first kappa shape index (κ1) is 18.9. The van der Waals surface area contributed by atoms with E-state index >= 15 is 0 Å². The maximum Gasteiger partial charge on any atom is 0.219 e. The zero-order valence-electron chi connectivity index (χ0n) is 17.1. The molecule has 3 aliphatic rings. The van der Waals surface area contributed by atoms with Crippen molar-refractivity contribution in [2.45, 2.75) is 38.0 Å². The van der Waals surface area contributed by atoms with E-state index in [1.807, 2.05) is 17.0 Å². The second-order valence-electron chi connectivity index (χ2n) is 8.05. The molecule has 3 aliphatic heterocycles. The Kier molecular flexibility index (Phi) is 4.41. The zero-order chi connectivity index (χ0) is 20.9. The molecule has 0 radical (unpaired) electrons. The Morgan fingerprint density at radius 1 is 1.20 bits per heavy atom. The number of halogens is 1. The number of ether oxygens (including phenoxy) is 2. The molecule has 0 saturated carbocycles. The average molecular weight is 409 g/mol. The van der Waals surface area contributed by atoms with E-state index in [9.17, 15) is 9.18 Å². The standard InChI is InChI=1S/C23H24FN3O3/c1-15(28)26-12-10-23(11-13-26)27-20(18-4-3-5-21(29-2)22(18)30-23)14-19(25-27)16-6-8-17(24)9-7-16/h3-9,20H,10-14H2,1-2H3/t20-/m1/s1. The summed E-state index contributed by atoms with van der Waals surface area (Å²) >= 11 is 0. The number of methoxy groups -OCH3 is 1. The number of benzene rings is 2. The van der Waals surface area contributed by atoms with Crippen LogP contribution in [0.3, 0.4) is 0 Å². The van der Waals surface area contributed by atoms with Gasteiger partial charge in [0, 0.05) is 44.8 Å². The zero-order valence-corrected chi connectivity index (χ0v) is 17.1. The number of hydrogen-bond donors (Lipinski definition) is 0. The highest BCUT2D eigenvalue weighted by Crippen LogP contribution is 2.52. The van der Waals surface area contributed by atoms with E-state index in [1.54, 1.807) is 26.2 Å². The first-order valence-electron chi connectivity index (χ1n) is 10.2. The van der Waals surface area contributed by atoms with E-state index in [4.69, 9.17) is 14.6 Å². The predicted molar refractivity (Wildman–Crippen MR) is 110 cm³/mol. The summed E-state index contributed by atoms with van der Waals surface area (Å²) in [6.07, 6.45) is 2.01. The van der Waals surface area contributed by atoms with Crippen LogP contribution in [-0.4, -0.2) is 47.5 Å². The fourth-order valence-corrected chi connectivity index (χ4v) is 4.75. The maximum absolute atomic E-state index is 13.4. The van der Waals surface area contributed by atoms with E-state index in [2.05, 4.69) is 11.1 Å². The molecule has 6 nitrogen and oxygen atoms in total. The number of carbonyl (C=O) groups is 1. The number of piperidine rings is 1. The van der Waals surface area contributed by atoms with Gasteiger partial charge in [0.05, 0.1) is 18.9 Å². The minimum Gasteiger partial charge on any atom is -0.493 e. The fraction of sp³-hybridized carbons (Fsp3) is 0.391. The Hall–Kier alpha value is -3.09. The minimum absolute atomic E-state index is 0.00720. The van der Waals surface area contributed by atoms with Crippen molar-refractivity contribution in [3.63, 3.8) is 0 Å². The number of fused-ring (bicyclic) bond motifs is 4. The van der Waals surface area contributed by atoms with Gasteiger partial charge in [-0.25, -0.2) is 9.40 Å². The molecule has 2 aromatic rings. The lowest BCUT2D eigenvalue weighted by Gasteiger charge is -2.51. The van der Waals surface area contributed by atoms with Gasteiger partial charge in [0.2, 0.25) is 11.6 Å². The van der Waals surface area contributed by atoms with Crippen molar-refractivity contribution in [3.05, 3.63) is 59.4 Å². The first-order chi connectivity index (χ1) is 14.5. The second-order valence-corrected chi connectivity index (χ2v) is 8.05. The molecule has 3 heterocycles. The molecule has 1 saturated heterocycles. The summed E-state index contributed by atoms with van der Waals surface area (Å²) in [5.41, 5.74) is 2.22. The molecule has 1 spiro atoms. The SMILES string of the molecule is COc1cccc2c1OC1(CCN(C(C)=O)CC1)N1N=C(c3ccc(F)cc3)C[C@H]21. The summed E-state index contributed by atoms with van der Waals surface area (Å²) in [6, 6.07) is 12.4. The Morgan fingerprint density at radius 3 is 2.60 bits per heavy atom. The van der Waals surface area contributed by atoms with Gasteiger partial charge >= 0.3 is 0 Å². The van der Waals surface area contributed by atoms with Crippen LogP contribution in [0, 0.1) is 5.82 Å². The molecule has 156 valence electrons. The van der Waals surface area contributed by atoms with Crippen molar-refractivity contribution in [1.29, 1.82) is 0 Å². The van der Waals surface area contributed by atoms with Crippen LogP contribution in [0.5, 0.6) is 11.5 Å². The van der Waals surface area contributed by atoms with Gasteiger partial charge in [0.15, 0.2) is 11.5 Å². The van der Waals surface area contributed by atoms with Crippen molar-refractivity contribution in [2.24, 2.45) is 5.10 Å². The molecular formula is C23H24FN3O3. The van der Waals surface area contributed by atoms with Crippen LogP contribution in [0.25, 0.3) is 0 Å². The van der Waals surface area contributed by atoms with Gasteiger partial charge in [-0.1, -0.05) is 24.3 Å². The lowest BCUT2D eigenvalue weighted by molar-refractivity contribution is -0.159. The molecule has 0 unspecified atom stereocenters. The smallest absolute Gasteiger partial charge is 0.219 e. The quantitative estimate of drug-likeness (QED) is 0.759. The summed E-state index contributed by atoms with van der Waals surface area (Å²) < 4.78 is 25.6.